The lowest BCUT2D eigenvalue weighted by Crippen LogP contribution is -2.35. The lowest BCUT2D eigenvalue weighted by atomic mass is 10.0. The first-order chi connectivity index (χ1) is 8.90. The third-order valence-electron chi connectivity index (χ3n) is 3.43. The number of halogens is 2. The van der Waals surface area contributed by atoms with Crippen molar-refractivity contribution >= 4 is 5.91 Å². The van der Waals surface area contributed by atoms with Crippen molar-refractivity contribution in [2.45, 2.75) is 39.4 Å². The van der Waals surface area contributed by atoms with Crippen LogP contribution >= 0.6 is 0 Å². The fourth-order valence-electron chi connectivity index (χ4n) is 2.51. The summed E-state index contributed by atoms with van der Waals surface area (Å²) in [6.45, 7) is 5.07. The molecule has 1 aromatic rings. The molecule has 1 fully saturated rings. The second-order valence-corrected chi connectivity index (χ2v) is 5.03. The van der Waals surface area contributed by atoms with Crippen LogP contribution in [0, 0.1) is 13.8 Å². The third-order valence-corrected chi connectivity index (χ3v) is 3.43. The average Bonchev–Trinajstić information content (AvgIpc) is 2.57. The quantitative estimate of drug-likeness (QED) is 0.913. The molecule has 1 N–H and O–H groups in total. The zero-order valence-corrected chi connectivity index (χ0v) is 11.3. The van der Waals surface area contributed by atoms with Crippen molar-refractivity contribution < 1.29 is 13.6 Å². The van der Waals surface area contributed by atoms with E-state index in [0.717, 1.165) is 16.7 Å². The summed E-state index contributed by atoms with van der Waals surface area (Å²) in [5.74, 6) is -0.273. The van der Waals surface area contributed by atoms with Gasteiger partial charge in [-0.1, -0.05) is 23.8 Å². The summed E-state index contributed by atoms with van der Waals surface area (Å²) >= 11 is 0. The van der Waals surface area contributed by atoms with Gasteiger partial charge in [0.05, 0.1) is 12.6 Å². The van der Waals surface area contributed by atoms with E-state index in [2.05, 4.69) is 5.32 Å². The summed E-state index contributed by atoms with van der Waals surface area (Å²) in [4.78, 5) is 13.2. The van der Waals surface area contributed by atoms with E-state index in [1.807, 2.05) is 32.0 Å². The predicted molar refractivity (Wildman–Crippen MR) is 69.0 cm³/mol. The van der Waals surface area contributed by atoms with Gasteiger partial charge >= 0.3 is 0 Å². The first-order valence-electron chi connectivity index (χ1n) is 6.32. The van der Waals surface area contributed by atoms with Gasteiger partial charge in [-0.25, -0.2) is 8.78 Å². The minimum atomic E-state index is -2.52. The van der Waals surface area contributed by atoms with E-state index in [-0.39, 0.29) is 5.91 Å². The lowest BCUT2D eigenvalue weighted by Gasteiger charge is -2.25. The highest BCUT2D eigenvalue weighted by Gasteiger charge is 2.38. The fourth-order valence-corrected chi connectivity index (χ4v) is 2.51. The van der Waals surface area contributed by atoms with Crippen molar-refractivity contribution in [3.05, 3.63) is 34.9 Å². The van der Waals surface area contributed by atoms with Crippen LogP contribution in [0.2, 0.25) is 0 Å². The van der Waals surface area contributed by atoms with Crippen LogP contribution in [0.5, 0.6) is 0 Å². The highest BCUT2D eigenvalue weighted by molar-refractivity contribution is 5.84. The van der Waals surface area contributed by atoms with E-state index in [0.29, 0.717) is 0 Å². The van der Waals surface area contributed by atoms with Gasteiger partial charge in [0, 0.05) is 0 Å². The van der Waals surface area contributed by atoms with Gasteiger partial charge in [-0.05, 0) is 31.9 Å². The second-order valence-electron chi connectivity index (χ2n) is 5.03. The molecule has 0 spiro atoms. The van der Waals surface area contributed by atoms with Gasteiger partial charge in [-0.2, -0.15) is 0 Å². The summed E-state index contributed by atoms with van der Waals surface area (Å²) in [6, 6.07) is 5.39. The van der Waals surface area contributed by atoms with Gasteiger partial charge in [0.25, 0.3) is 6.43 Å². The van der Waals surface area contributed by atoms with E-state index >= 15 is 0 Å². The molecule has 2 unspecified atom stereocenters. The Morgan fingerprint density at radius 2 is 2.05 bits per heavy atom. The zero-order valence-electron chi connectivity index (χ0n) is 11.3. The molecule has 0 aromatic heterocycles. The highest BCUT2D eigenvalue weighted by atomic mass is 19.3. The monoisotopic (exact) mass is 268 g/mol. The molecule has 1 aromatic carbocycles. The Labute approximate surface area is 111 Å². The number of alkyl halides is 2. The number of carbonyl (C=O) groups is 1. The molecule has 2 atom stereocenters. The van der Waals surface area contributed by atoms with Gasteiger partial charge in [-0.15, -0.1) is 0 Å². The maximum absolute atomic E-state index is 12.6. The van der Waals surface area contributed by atoms with Crippen LogP contribution in [0.15, 0.2) is 18.2 Å². The fraction of sp³-hybridized carbons (Fsp3) is 0.500. The van der Waals surface area contributed by atoms with E-state index in [1.165, 1.54) is 4.90 Å². The van der Waals surface area contributed by atoms with Crippen LogP contribution in [-0.2, 0) is 4.79 Å². The highest BCUT2D eigenvalue weighted by Crippen LogP contribution is 2.28. The van der Waals surface area contributed by atoms with Gasteiger partial charge in [-0.3, -0.25) is 10.1 Å². The number of amides is 1. The Hall–Kier alpha value is -1.49. The molecule has 19 heavy (non-hydrogen) atoms. The molecule has 1 aliphatic heterocycles. The molecule has 0 saturated carbocycles. The molecule has 0 bridgehead atoms. The molecular weight excluding hydrogens is 250 g/mol. The van der Waals surface area contributed by atoms with Crippen LogP contribution < -0.4 is 5.32 Å². The van der Waals surface area contributed by atoms with Crippen LogP contribution in [0.25, 0.3) is 0 Å². The third kappa shape index (κ3) is 2.76. The van der Waals surface area contributed by atoms with Crippen molar-refractivity contribution in [1.82, 2.24) is 10.2 Å². The Morgan fingerprint density at radius 1 is 1.37 bits per heavy atom. The number of carbonyl (C=O) groups excluding carboxylic acids is 1. The number of hydrogen-bond donors (Lipinski definition) is 1. The molecule has 2 rings (SSSR count). The van der Waals surface area contributed by atoms with E-state index in [4.69, 9.17) is 0 Å². The molecular formula is C14H18F2N2O. The molecule has 0 aliphatic carbocycles. The van der Waals surface area contributed by atoms with E-state index in [9.17, 15) is 13.6 Å². The first-order valence-corrected chi connectivity index (χ1v) is 6.32. The minimum absolute atomic E-state index is 0.273. The van der Waals surface area contributed by atoms with Crippen LogP contribution in [0.1, 0.15) is 29.8 Å². The van der Waals surface area contributed by atoms with E-state index < -0.39 is 25.2 Å². The standard InChI is InChI=1S/C14H18F2N2O/c1-8-4-5-11(9(2)6-8)13-17-10(3)14(19)18(13)7-12(15)16/h4-6,10,12-13,17H,7H2,1-3H3. The summed E-state index contributed by atoms with van der Waals surface area (Å²) in [7, 11) is 0. The predicted octanol–water partition coefficient (Wildman–Crippen LogP) is 2.39. The maximum atomic E-state index is 12.6. The Morgan fingerprint density at radius 3 is 2.63 bits per heavy atom. The van der Waals surface area contributed by atoms with Crippen LogP contribution in [0.3, 0.4) is 0 Å². The Balaban J connectivity index is 2.33. The average molecular weight is 268 g/mol. The molecule has 1 saturated heterocycles. The minimum Gasteiger partial charge on any atom is -0.316 e. The first kappa shape index (κ1) is 13.9. The molecule has 104 valence electrons. The summed E-state index contributed by atoms with van der Waals surface area (Å²) in [6.07, 6.45) is -2.98. The Kier molecular flexibility index (Phi) is 3.85. The lowest BCUT2D eigenvalue weighted by molar-refractivity contribution is -0.131. The summed E-state index contributed by atoms with van der Waals surface area (Å²) in [5.41, 5.74) is 2.99. The van der Waals surface area contributed by atoms with Gasteiger partial charge in [0.15, 0.2) is 0 Å². The number of benzene rings is 1. The van der Waals surface area contributed by atoms with Crippen molar-refractivity contribution in [2.24, 2.45) is 0 Å². The molecule has 1 heterocycles. The summed E-state index contributed by atoms with van der Waals surface area (Å²) in [5, 5.41) is 3.08. The molecule has 1 amide bonds. The smallest absolute Gasteiger partial charge is 0.255 e. The van der Waals surface area contributed by atoms with Crippen molar-refractivity contribution in [2.75, 3.05) is 6.54 Å². The molecule has 1 aliphatic rings. The topological polar surface area (TPSA) is 32.3 Å². The van der Waals surface area contributed by atoms with Gasteiger partial charge in [0.2, 0.25) is 5.91 Å². The van der Waals surface area contributed by atoms with Gasteiger partial charge in [0.1, 0.15) is 6.17 Å². The van der Waals surface area contributed by atoms with Crippen molar-refractivity contribution in [3.63, 3.8) is 0 Å². The normalized spacial score (nSPS) is 23.5. The SMILES string of the molecule is Cc1ccc(C2NC(C)C(=O)N2CC(F)F)c(C)c1. The largest absolute Gasteiger partial charge is 0.316 e. The second kappa shape index (κ2) is 5.25. The van der Waals surface area contributed by atoms with Gasteiger partial charge < -0.3 is 4.90 Å². The maximum Gasteiger partial charge on any atom is 0.255 e. The van der Waals surface area contributed by atoms with Crippen LogP contribution in [-0.4, -0.2) is 29.8 Å². The molecule has 5 heteroatoms. The molecule has 3 nitrogen and oxygen atoms in total. The molecule has 0 radical (unpaired) electrons. The number of nitrogens with zero attached hydrogens (tertiary/aromatic N) is 1. The van der Waals surface area contributed by atoms with Crippen molar-refractivity contribution in [3.8, 4) is 0 Å². The number of hydrogen-bond acceptors (Lipinski definition) is 2. The van der Waals surface area contributed by atoms with Crippen LogP contribution in [0.4, 0.5) is 8.78 Å². The zero-order chi connectivity index (χ0) is 14.2. The summed E-state index contributed by atoms with van der Waals surface area (Å²) < 4.78 is 25.2. The number of aryl methyl sites for hydroxylation is 2. The van der Waals surface area contributed by atoms with E-state index in [1.54, 1.807) is 6.92 Å². The van der Waals surface area contributed by atoms with Crippen molar-refractivity contribution in [1.29, 1.82) is 0 Å². The number of rotatable bonds is 3. The Bertz CT molecular complexity index is 490. The number of nitrogens with one attached hydrogen (secondary N) is 1.